The zero-order valence-corrected chi connectivity index (χ0v) is 12.2. The van der Waals surface area contributed by atoms with Crippen LogP contribution < -0.4 is 4.74 Å². The molecule has 1 rings (SSSR count). The molecule has 0 aliphatic heterocycles. The van der Waals surface area contributed by atoms with Crippen LogP contribution in [0.4, 0.5) is 0 Å². The molecular weight excluding hydrogens is 252 g/mol. The molecule has 0 aromatic heterocycles. The van der Waals surface area contributed by atoms with Gasteiger partial charge >= 0.3 is 0 Å². The summed E-state index contributed by atoms with van der Waals surface area (Å²) in [4.78, 5) is 0. The van der Waals surface area contributed by atoms with Gasteiger partial charge in [0.05, 0.1) is 23.5 Å². The van der Waals surface area contributed by atoms with Gasteiger partial charge in [-0.15, -0.1) is 0 Å². The Hall–Kier alpha value is -0.565. The molecule has 0 unspecified atom stereocenters. The smallest absolute Gasteiger partial charge is 0.118 e. The average molecular weight is 263 g/mol. The van der Waals surface area contributed by atoms with Crippen LogP contribution in [0.25, 0.3) is 0 Å². The summed E-state index contributed by atoms with van der Waals surface area (Å²) in [6.45, 7) is 4.13. The Labute approximate surface area is 136 Å². The fourth-order valence-electron chi connectivity index (χ4n) is 1.57. The number of benzene rings is 1. The van der Waals surface area contributed by atoms with Gasteiger partial charge in [-0.25, -0.2) is 0 Å². The highest BCUT2D eigenvalue weighted by Crippen LogP contribution is 2.26. The standard InChI is InChI=1S/C12H11B7O2/c1-7(2)8-3-5-9(6-4-8)20-10(13,14)11(15,16)21-12(17,18)19/h3-7H,1-2H3. The molecule has 0 amide bonds. The molecular formula is C12H11B7O2. The Morgan fingerprint density at radius 2 is 1.29 bits per heavy atom. The molecule has 0 fully saturated rings. The van der Waals surface area contributed by atoms with Crippen molar-refractivity contribution in [3.8, 4) is 5.75 Å². The molecule has 0 bridgehead atoms. The number of ether oxygens (including phenoxy) is 2. The molecule has 0 heterocycles. The van der Waals surface area contributed by atoms with E-state index in [0.717, 1.165) is 5.56 Å². The maximum atomic E-state index is 5.75. The zero-order valence-electron chi connectivity index (χ0n) is 12.2. The summed E-state index contributed by atoms with van der Waals surface area (Å²) in [5.41, 5.74) is 1.12. The number of rotatable bonds is 6. The van der Waals surface area contributed by atoms with Crippen molar-refractivity contribution in [1.29, 1.82) is 0 Å². The van der Waals surface area contributed by atoms with E-state index in [1.54, 1.807) is 12.1 Å². The minimum Gasteiger partial charge on any atom is -0.506 e. The Morgan fingerprint density at radius 3 is 1.67 bits per heavy atom. The van der Waals surface area contributed by atoms with Crippen molar-refractivity contribution < 1.29 is 9.47 Å². The number of hydrogen-bond donors (Lipinski definition) is 0. The van der Waals surface area contributed by atoms with Gasteiger partial charge in [0.2, 0.25) is 0 Å². The van der Waals surface area contributed by atoms with Crippen molar-refractivity contribution in [2.45, 2.75) is 35.9 Å². The molecule has 2 nitrogen and oxygen atoms in total. The van der Waals surface area contributed by atoms with Gasteiger partial charge in [0.25, 0.3) is 0 Å². The summed E-state index contributed by atoms with van der Waals surface area (Å²) in [5, 5.41) is -6.45. The second-order valence-corrected chi connectivity index (χ2v) is 5.37. The molecule has 92 valence electrons. The van der Waals surface area contributed by atoms with Crippen LogP contribution in [0.1, 0.15) is 25.3 Å². The predicted octanol–water partition coefficient (Wildman–Crippen LogP) is -0.696. The first-order valence-corrected chi connectivity index (χ1v) is 6.35. The summed E-state index contributed by atoms with van der Waals surface area (Å²) >= 11 is 0. The van der Waals surface area contributed by atoms with Crippen LogP contribution in [0, 0.1) is 0 Å². The maximum Gasteiger partial charge on any atom is 0.118 e. The minimum absolute atomic E-state index is 0.352. The van der Waals surface area contributed by atoms with Gasteiger partial charge in [-0.3, -0.25) is 0 Å². The van der Waals surface area contributed by atoms with E-state index in [0.29, 0.717) is 11.7 Å². The van der Waals surface area contributed by atoms with Crippen molar-refractivity contribution in [2.24, 2.45) is 0 Å². The van der Waals surface area contributed by atoms with Crippen LogP contribution in [0.15, 0.2) is 24.3 Å². The first kappa shape index (κ1) is 18.5. The lowest BCUT2D eigenvalue weighted by molar-refractivity contribution is 0.00240. The van der Waals surface area contributed by atoms with E-state index >= 15 is 0 Å². The van der Waals surface area contributed by atoms with Gasteiger partial charge in [-0.05, 0) is 28.9 Å². The molecule has 9 heteroatoms. The van der Waals surface area contributed by atoms with Gasteiger partial charge in [0.1, 0.15) is 37.1 Å². The summed E-state index contributed by atoms with van der Waals surface area (Å²) in [6.07, 6.45) is 0. The summed E-state index contributed by atoms with van der Waals surface area (Å²) in [5.74, 6) is 0.725. The highest BCUT2D eigenvalue weighted by Gasteiger charge is 2.39. The first-order valence-electron chi connectivity index (χ1n) is 6.35. The second-order valence-electron chi connectivity index (χ2n) is 5.37. The van der Waals surface area contributed by atoms with Crippen molar-refractivity contribution in [3.63, 3.8) is 0 Å². The SMILES string of the molecule is [B]C([B])([B])OC([B])([B])C([B])([B])Oc1ccc(C(C)C)cc1. The van der Waals surface area contributed by atoms with Gasteiger partial charge in [-0.1, -0.05) is 26.0 Å². The van der Waals surface area contributed by atoms with Crippen LogP contribution in [0.2, 0.25) is 0 Å². The van der Waals surface area contributed by atoms with Crippen molar-refractivity contribution >= 4 is 54.9 Å². The molecule has 0 atom stereocenters. The summed E-state index contributed by atoms with van der Waals surface area (Å²) in [7, 11) is 38.6. The minimum atomic E-state index is -2.22. The third-order valence-corrected chi connectivity index (χ3v) is 2.79. The fourth-order valence-corrected chi connectivity index (χ4v) is 1.57. The third kappa shape index (κ3) is 5.28. The topological polar surface area (TPSA) is 18.5 Å². The Kier molecular flexibility index (Phi) is 5.53. The lowest BCUT2D eigenvalue weighted by Gasteiger charge is -2.48. The Morgan fingerprint density at radius 1 is 0.810 bits per heavy atom. The largest absolute Gasteiger partial charge is 0.506 e. The van der Waals surface area contributed by atoms with E-state index in [-0.39, 0.29) is 0 Å². The van der Waals surface area contributed by atoms with Crippen molar-refractivity contribution in [3.05, 3.63) is 29.8 Å². The molecule has 0 aliphatic carbocycles. The quantitative estimate of drug-likeness (QED) is 0.632. The zero-order chi connectivity index (χ0) is 16.5. The Balaban J connectivity index is 2.88. The van der Waals surface area contributed by atoms with E-state index in [4.69, 9.17) is 64.4 Å². The van der Waals surface area contributed by atoms with Crippen LogP contribution in [-0.4, -0.2) is 71.0 Å². The van der Waals surface area contributed by atoms with E-state index in [9.17, 15) is 0 Å². The fraction of sp³-hybridized carbons (Fsp3) is 0.500. The van der Waals surface area contributed by atoms with Gasteiger partial charge in [0, 0.05) is 10.8 Å². The second kappa shape index (κ2) is 6.28. The molecule has 0 spiro atoms. The van der Waals surface area contributed by atoms with Crippen LogP contribution in [-0.2, 0) is 4.74 Å². The van der Waals surface area contributed by atoms with E-state index in [2.05, 4.69) is 13.8 Å². The lowest BCUT2D eigenvalue weighted by atomic mass is 9.40. The number of hydrogen-bond acceptors (Lipinski definition) is 2. The van der Waals surface area contributed by atoms with E-state index < -0.39 is 16.1 Å². The van der Waals surface area contributed by atoms with Crippen LogP contribution in [0.3, 0.4) is 0 Å². The van der Waals surface area contributed by atoms with E-state index in [1.807, 2.05) is 12.1 Å². The van der Waals surface area contributed by atoms with Crippen molar-refractivity contribution in [1.82, 2.24) is 0 Å². The molecule has 0 aliphatic rings. The van der Waals surface area contributed by atoms with Crippen LogP contribution in [0.5, 0.6) is 5.75 Å². The highest BCUT2D eigenvalue weighted by atomic mass is 16.6. The molecule has 14 radical (unpaired) electrons. The Bertz CT molecular complexity index is 465. The lowest BCUT2D eigenvalue weighted by Crippen LogP contribution is -2.65. The average Bonchev–Trinajstić information content (AvgIpc) is 2.25. The normalized spacial score (nSPS) is 13.3. The molecule has 21 heavy (non-hydrogen) atoms. The van der Waals surface area contributed by atoms with Gasteiger partial charge in [0.15, 0.2) is 0 Å². The third-order valence-electron chi connectivity index (χ3n) is 2.79. The highest BCUT2D eigenvalue weighted by molar-refractivity contribution is 6.59. The summed E-state index contributed by atoms with van der Waals surface area (Å²) in [6, 6.07) is 7.09. The molecule has 0 saturated heterocycles. The molecule has 1 aromatic carbocycles. The van der Waals surface area contributed by atoms with Gasteiger partial charge in [-0.2, -0.15) is 0 Å². The predicted molar refractivity (Wildman–Crippen MR) is 90.7 cm³/mol. The van der Waals surface area contributed by atoms with Crippen molar-refractivity contribution in [2.75, 3.05) is 0 Å². The first-order chi connectivity index (χ1) is 9.34. The van der Waals surface area contributed by atoms with Crippen LogP contribution >= 0.6 is 0 Å². The van der Waals surface area contributed by atoms with Gasteiger partial charge < -0.3 is 9.47 Å². The molecule has 0 saturated carbocycles. The molecule has 1 aromatic rings. The molecule has 0 N–H and O–H groups in total. The monoisotopic (exact) mass is 264 g/mol. The maximum absolute atomic E-state index is 5.75. The summed E-state index contributed by atoms with van der Waals surface area (Å²) < 4.78 is 10.2. The van der Waals surface area contributed by atoms with E-state index in [1.165, 1.54) is 0 Å².